The first kappa shape index (κ1) is 11.2. The average molecular weight is 280 g/mol. The van der Waals surface area contributed by atoms with E-state index in [1.807, 2.05) is 0 Å². The molecule has 0 aliphatic carbocycles. The van der Waals surface area contributed by atoms with E-state index < -0.39 is 0 Å². The zero-order valence-corrected chi connectivity index (χ0v) is 10.9. The smallest absolute Gasteiger partial charge is 0.160 e. The second kappa shape index (κ2) is 4.29. The van der Waals surface area contributed by atoms with Crippen LogP contribution in [0.2, 0.25) is 0 Å². The van der Waals surface area contributed by atoms with Gasteiger partial charge in [0.25, 0.3) is 0 Å². The molecule has 0 saturated carbocycles. The van der Waals surface area contributed by atoms with Gasteiger partial charge in [-0.3, -0.25) is 5.10 Å². The van der Waals surface area contributed by atoms with Crippen molar-refractivity contribution in [2.45, 2.75) is 19.8 Å². The molecule has 0 radical (unpaired) electrons. The molecule has 0 bridgehead atoms. The van der Waals surface area contributed by atoms with Gasteiger partial charge in [0.1, 0.15) is 0 Å². The van der Waals surface area contributed by atoms with Crippen molar-refractivity contribution in [1.29, 1.82) is 0 Å². The molecular weight excluding hydrogens is 266 g/mol. The van der Waals surface area contributed by atoms with Crippen LogP contribution in [0.25, 0.3) is 11.3 Å². The summed E-state index contributed by atoms with van der Waals surface area (Å²) in [5.41, 5.74) is 9.00. The van der Waals surface area contributed by atoms with Crippen LogP contribution in [0, 0.1) is 0 Å². The van der Waals surface area contributed by atoms with Crippen molar-refractivity contribution in [2.24, 2.45) is 0 Å². The molecule has 84 valence electrons. The maximum absolute atomic E-state index is 5.67. The molecule has 0 atom stereocenters. The van der Waals surface area contributed by atoms with Crippen molar-refractivity contribution in [1.82, 2.24) is 10.2 Å². The second-order valence-electron chi connectivity index (χ2n) is 4.07. The second-order valence-corrected chi connectivity index (χ2v) is 4.87. The first-order chi connectivity index (χ1) is 7.59. The van der Waals surface area contributed by atoms with E-state index in [4.69, 9.17) is 5.73 Å². The van der Waals surface area contributed by atoms with E-state index in [1.165, 1.54) is 5.56 Å². The van der Waals surface area contributed by atoms with Crippen molar-refractivity contribution in [3.63, 3.8) is 0 Å². The van der Waals surface area contributed by atoms with E-state index in [2.05, 4.69) is 64.2 Å². The standard InChI is InChI=1S/C12H14BrN3/c1-7(2)8-3-5-9(6-4-8)11-10(13)12(14)16-15-11/h3-7H,1-2H3,(H3,14,15,16). The van der Waals surface area contributed by atoms with Gasteiger partial charge in [0.15, 0.2) is 5.82 Å². The van der Waals surface area contributed by atoms with Crippen LogP contribution in [0.5, 0.6) is 0 Å². The number of rotatable bonds is 2. The van der Waals surface area contributed by atoms with E-state index in [0.29, 0.717) is 11.7 Å². The number of aromatic amines is 1. The lowest BCUT2D eigenvalue weighted by Crippen LogP contribution is -1.87. The van der Waals surface area contributed by atoms with Crippen LogP contribution in [0.1, 0.15) is 25.3 Å². The average Bonchev–Trinajstić information content (AvgIpc) is 2.60. The molecule has 3 nitrogen and oxygen atoms in total. The summed E-state index contributed by atoms with van der Waals surface area (Å²) >= 11 is 3.42. The summed E-state index contributed by atoms with van der Waals surface area (Å²) in [7, 11) is 0. The summed E-state index contributed by atoms with van der Waals surface area (Å²) < 4.78 is 0.824. The molecule has 2 aromatic rings. The summed E-state index contributed by atoms with van der Waals surface area (Å²) in [6.45, 7) is 4.36. The number of hydrogen-bond acceptors (Lipinski definition) is 2. The summed E-state index contributed by atoms with van der Waals surface area (Å²) in [5.74, 6) is 1.03. The van der Waals surface area contributed by atoms with Gasteiger partial charge in [-0.1, -0.05) is 38.1 Å². The molecule has 16 heavy (non-hydrogen) atoms. The third-order valence-corrected chi connectivity index (χ3v) is 3.40. The predicted octanol–water partition coefficient (Wildman–Crippen LogP) is 3.54. The van der Waals surface area contributed by atoms with Gasteiger partial charge >= 0.3 is 0 Å². The first-order valence-electron chi connectivity index (χ1n) is 5.19. The Balaban J connectivity index is 2.38. The van der Waals surface area contributed by atoms with Gasteiger partial charge in [0, 0.05) is 5.56 Å². The zero-order chi connectivity index (χ0) is 11.7. The summed E-state index contributed by atoms with van der Waals surface area (Å²) in [6.07, 6.45) is 0. The van der Waals surface area contributed by atoms with E-state index in [-0.39, 0.29) is 0 Å². The number of benzene rings is 1. The monoisotopic (exact) mass is 279 g/mol. The highest BCUT2D eigenvalue weighted by atomic mass is 79.9. The molecule has 2 rings (SSSR count). The Morgan fingerprint density at radius 2 is 1.88 bits per heavy atom. The number of H-pyrrole nitrogens is 1. The Morgan fingerprint density at radius 3 is 2.31 bits per heavy atom. The molecule has 3 N–H and O–H groups in total. The number of nitrogens with zero attached hydrogens (tertiary/aromatic N) is 1. The highest BCUT2D eigenvalue weighted by Gasteiger charge is 2.09. The molecule has 0 aliphatic heterocycles. The van der Waals surface area contributed by atoms with Gasteiger partial charge in [0.2, 0.25) is 0 Å². The number of nitrogen functional groups attached to an aromatic ring is 1. The van der Waals surface area contributed by atoms with E-state index in [1.54, 1.807) is 0 Å². The molecule has 0 fully saturated rings. The fourth-order valence-electron chi connectivity index (χ4n) is 1.57. The van der Waals surface area contributed by atoms with E-state index >= 15 is 0 Å². The molecule has 1 heterocycles. The highest BCUT2D eigenvalue weighted by molar-refractivity contribution is 9.10. The highest BCUT2D eigenvalue weighted by Crippen LogP contribution is 2.30. The lowest BCUT2D eigenvalue weighted by molar-refractivity contribution is 0.867. The maximum atomic E-state index is 5.67. The lowest BCUT2D eigenvalue weighted by Gasteiger charge is -2.06. The Kier molecular flexibility index (Phi) is 3.01. The summed E-state index contributed by atoms with van der Waals surface area (Å²) in [6, 6.07) is 8.41. The minimum absolute atomic E-state index is 0.489. The van der Waals surface area contributed by atoms with Crippen LogP contribution >= 0.6 is 15.9 Å². The van der Waals surface area contributed by atoms with Gasteiger partial charge in [-0.2, -0.15) is 5.10 Å². The summed E-state index contributed by atoms with van der Waals surface area (Å²) in [5, 5.41) is 6.87. The number of nitrogens with one attached hydrogen (secondary N) is 1. The molecule has 0 amide bonds. The fourth-order valence-corrected chi connectivity index (χ4v) is 1.97. The normalized spacial score (nSPS) is 11.0. The quantitative estimate of drug-likeness (QED) is 0.884. The topological polar surface area (TPSA) is 54.7 Å². The molecule has 4 heteroatoms. The van der Waals surface area contributed by atoms with E-state index in [9.17, 15) is 0 Å². The largest absolute Gasteiger partial charge is 0.381 e. The van der Waals surface area contributed by atoms with Crippen molar-refractivity contribution in [3.8, 4) is 11.3 Å². The van der Waals surface area contributed by atoms with Crippen molar-refractivity contribution in [3.05, 3.63) is 34.3 Å². The fraction of sp³-hybridized carbons (Fsp3) is 0.250. The van der Waals surface area contributed by atoms with Crippen LogP contribution in [0.4, 0.5) is 5.82 Å². The molecule has 0 unspecified atom stereocenters. The first-order valence-corrected chi connectivity index (χ1v) is 5.98. The molecule has 1 aromatic heterocycles. The maximum Gasteiger partial charge on any atom is 0.160 e. The van der Waals surface area contributed by atoms with Gasteiger partial charge in [-0.15, -0.1) is 0 Å². The SMILES string of the molecule is CC(C)c1ccc(-c2[nH]nc(N)c2Br)cc1. The van der Waals surface area contributed by atoms with E-state index in [0.717, 1.165) is 15.7 Å². The molecule has 0 aliphatic rings. The number of anilines is 1. The van der Waals surface area contributed by atoms with Crippen LogP contribution in [-0.4, -0.2) is 10.2 Å². The third-order valence-electron chi connectivity index (χ3n) is 2.60. The van der Waals surface area contributed by atoms with Crippen LogP contribution < -0.4 is 5.73 Å². The van der Waals surface area contributed by atoms with Crippen molar-refractivity contribution in [2.75, 3.05) is 5.73 Å². The van der Waals surface area contributed by atoms with Gasteiger partial charge in [0.05, 0.1) is 10.2 Å². The minimum atomic E-state index is 0.489. The van der Waals surface area contributed by atoms with Crippen LogP contribution in [-0.2, 0) is 0 Å². The molecule has 0 spiro atoms. The Labute approximate surface area is 103 Å². The predicted molar refractivity (Wildman–Crippen MR) is 70.2 cm³/mol. The Hall–Kier alpha value is -1.29. The number of nitrogens with two attached hydrogens (primary N) is 1. The Bertz CT molecular complexity index is 485. The summed E-state index contributed by atoms with van der Waals surface area (Å²) in [4.78, 5) is 0. The van der Waals surface area contributed by atoms with Crippen molar-refractivity contribution < 1.29 is 0 Å². The number of halogens is 1. The minimum Gasteiger partial charge on any atom is -0.381 e. The molecular formula is C12H14BrN3. The third kappa shape index (κ3) is 1.97. The molecule has 1 aromatic carbocycles. The zero-order valence-electron chi connectivity index (χ0n) is 9.29. The van der Waals surface area contributed by atoms with Crippen LogP contribution in [0.15, 0.2) is 28.7 Å². The van der Waals surface area contributed by atoms with Crippen LogP contribution in [0.3, 0.4) is 0 Å². The van der Waals surface area contributed by atoms with Gasteiger partial charge in [-0.05, 0) is 27.4 Å². The van der Waals surface area contributed by atoms with Gasteiger partial charge < -0.3 is 5.73 Å². The van der Waals surface area contributed by atoms with Gasteiger partial charge in [-0.25, -0.2) is 0 Å². The molecule has 0 saturated heterocycles. The lowest BCUT2D eigenvalue weighted by atomic mass is 10.0. The Morgan fingerprint density at radius 1 is 1.25 bits per heavy atom. The number of hydrogen-bond donors (Lipinski definition) is 2. The van der Waals surface area contributed by atoms with Crippen molar-refractivity contribution >= 4 is 21.7 Å². The number of aromatic nitrogens is 2.